The van der Waals surface area contributed by atoms with Gasteiger partial charge in [-0.2, -0.15) is 0 Å². The zero-order valence-corrected chi connectivity index (χ0v) is 22.6. The number of carbonyl (C=O) groups excluding carboxylic acids is 4. The summed E-state index contributed by atoms with van der Waals surface area (Å²) in [6.45, 7) is 3.50. The lowest BCUT2D eigenvalue weighted by Gasteiger charge is -2.30. The van der Waals surface area contributed by atoms with Crippen molar-refractivity contribution in [2.45, 2.75) is 30.0 Å². The van der Waals surface area contributed by atoms with Crippen molar-refractivity contribution in [2.75, 3.05) is 24.7 Å². The molecule has 3 atom stereocenters. The Morgan fingerprint density at radius 2 is 1.67 bits per heavy atom. The number of nitrogens with one attached hydrogen (secondary N) is 1. The molecule has 12 heteroatoms. The fourth-order valence-corrected chi connectivity index (χ4v) is 7.28. The minimum atomic E-state index is -0.835. The molecule has 2 aliphatic heterocycles. The summed E-state index contributed by atoms with van der Waals surface area (Å²) in [5.41, 5.74) is 1.21. The van der Waals surface area contributed by atoms with Gasteiger partial charge in [-0.15, -0.1) is 0 Å². The van der Waals surface area contributed by atoms with E-state index in [9.17, 15) is 24.0 Å². The molecule has 1 saturated heterocycles. The summed E-state index contributed by atoms with van der Waals surface area (Å²) in [4.78, 5) is 68.2. The van der Waals surface area contributed by atoms with Crippen molar-refractivity contribution in [3.05, 3.63) is 74.2 Å². The molecule has 1 N–H and O–H groups in total. The van der Waals surface area contributed by atoms with Crippen LogP contribution in [0.1, 0.15) is 40.6 Å². The van der Waals surface area contributed by atoms with Crippen LogP contribution in [0.4, 0.5) is 5.69 Å². The van der Waals surface area contributed by atoms with Crippen molar-refractivity contribution in [1.29, 1.82) is 0 Å². The Balaban J connectivity index is 1.53. The molecule has 1 fully saturated rings. The van der Waals surface area contributed by atoms with E-state index in [1.54, 1.807) is 38.1 Å². The monoisotopic (exact) mass is 568 g/mol. The molecule has 1 aromatic heterocycles. The van der Waals surface area contributed by atoms with Gasteiger partial charge in [-0.05, 0) is 44.2 Å². The molecule has 0 spiro atoms. The average molecular weight is 569 g/mol. The molecule has 0 bridgehead atoms. The fourth-order valence-electron chi connectivity index (χ4n) is 4.78. The Morgan fingerprint density at radius 3 is 2.38 bits per heavy atom. The van der Waals surface area contributed by atoms with Gasteiger partial charge in [-0.1, -0.05) is 41.3 Å². The highest BCUT2D eigenvalue weighted by molar-refractivity contribution is 8.00. The predicted octanol–water partition coefficient (Wildman–Crippen LogP) is 3.35. The molecule has 39 heavy (non-hydrogen) atoms. The van der Waals surface area contributed by atoms with Gasteiger partial charge in [0.2, 0.25) is 11.8 Å². The number of thiazole rings is 1. The second-order valence-corrected chi connectivity index (χ2v) is 10.8. The summed E-state index contributed by atoms with van der Waals surface area (Å²) in [6, 6.07) is 13.0. The lowest BCUT2D eigenvalue weighted by molar-refractivity contribution is -0.145. The zero-order valence-electron chi connectivity index (χ0n) is 21.0. The summed E-state index contributed by atoms with van der Waals surface area (Å²) in [6.07, 6.45) is 0. The number of ether oxygens (including phenoxy) is 3. The van der Waals surface area contributed by atoms with Crippen molar-refractivity contribution >= 4 is 52.5 Å². The molecule has 0 radical (unpaired) electrons. The van der Waals surface area contributed by atoms with Gasteiger partial charge in [0.25, 0.3) is 0 Å². The first-order valence-electron chi connectivity index (χ1n) is 12.3. The molecule has 10 nitrogen and oxygen atoms in total. The summed E-state index contributed by atoms with van der Waals surface area (Å²) in [5, 5.41) is -0.278. The van der Waals surface area contributed by atoms with Crippen LogP contribution >= 0.6 is 23.1 Å². The van der Waals surface area contributed by atoms with Gasteiger partial charge in [-0.3, -0.25) is 14.4 Å². The fraction of sp³-hybridized carbons (Fsp3) is 0.296. The smallest absolute Gasteiger partial charge is 0.344 e. The first-order chi connectivity index (χ1) is 18.8. The number of nitrogens with zero attached hydrogens (tertiary/aromatic N) is 1. The Hall–Kier alpha value is -3.90. The number of H-pyrrole nitrogens is 1. The van der Waals surface area contributed by atoms with Gasteiger partial charge in [0, 0.05) is 16.4 Å². The molecular formula is C27H24N2O8S2. The number of anilines is 1. The van der Waals surface area contributed by atoms with Crippen LogP contribution in [0, 0.1) is 5.92 Å². The third kappa shape index (κ3) is 4.97. The molecule has 0 aliphatic carbocycles. The summed E-state index contributed by atoms with van der Waals surface area (Å²) >= 11 is 2.14. The lowest BCUT2D eigenvalue weighted by atomic mass is 9.82. The van der Waals surface area contributed by atoms with Gasteiger partial charge >= 0.3 is 16.8 Å². The zero-order chi connectivity index (χ0) is 27.7. The average Bonchev–Trinajstić information content (AvgIpc) is 3.42. The van der Waals surface area contributed by atoms with E-state index in [4.69, 9.17) is 14.2 Å². The van der Waals surface area contributed by atoms with E-state index in [1.807, 2.05) is 0 Å². The molecule has 2 aromatic carbocycles. The third-order valence-electron chi connectivity index (χ3n) is 6.37. The summed E-state index contributed by atoms with van der Waals surface area (Å²) in [5.74, 6) is -3.05. The number of fused-ring (bicyclic) bond motifs is 2. The normalized spacial score (nSPS) is 19.8. The van der Waals surface area contributed by atoms with E-state index in [0.29, 0.717) is 32.5 Å². The highest BCUT2D eigenvalue weighted by atomic mass is 32.2. The maximum atomic E-state index is 13.9. The number of hydrogen-bond acceptors (Lipinski definition) is 10. The molecule has 202 valence electrons. The van der Waals surface area contributed by atoms with Crippen molar-refractivity contribution in [3.8, 4) is 5.75 Å². The molecule has 3 aromatic rings. The van der Waals surface area contributed by atoms with E-state index in [0.717, 1.165) is 28.0 Å². The van der Waals surface area contributed by atoms with Crippen LogP contribution in [-0.2, 0) is 23.9 Å². The number of aromatic amines is 1. The van der Waals surface area contributed by atoms with E-state index < -0.39 is 40.8 Å². The van der Waals surface area contributed by atoms with Crippen molar-refractivity contribution in [2.24, 2.45) is 5.92 Å². The number of benzene rings is 2. The number of imide groups is 1. The molecule has 2 amide bonds. The van der Waals surface area contributed by atoms with Crippen LogP contribution in [0.2, 0.25) is 0 Å². The van der Waals surface area contributed by atoms with E-state index in [1.165, 1.54) is 24.3 Å². The maximum absolute atomic E-state index is 13.9. The van der Waals surface area contributed by atoms with Crippen molar-refractivity contribution < 1.29 is 33.4 Å². The number of carbonyl (C=O) groups is 4. The largest absolute Gasteiger partial charge is 0.482 e. The number of thioether (sulfide) groups is 1. The minimum absolute atomic E-state index is 0.210. The number of esters is 2. The highest BCUT2D eigenvalue weighted by Crippen LogP contribution is 2.54. The van der Waals surface area contributed by atoms with Crippen LogP contribution in [0.5, 0.6) is 5.75 Å². The van der Waals surface area contributed by atoms with E-state index in [2.05, 4.69) is 4.98 Å². The SMILES string of the molecule is CCOC(=O)COc1ccccc1[C@@H]1c2sc(=O)[nH]c2S[C@H]2C(=O)N(c3ccc(C(=O)OCC)cc3)C(=O)[C@@H]12. The van der Waals surface area contributed by atoms with Crippen molar-refractivity contribution in [3.63, 3.8) is 0 Å². The highest BCUT2D eigenvalue weighted by Gasteiger charge is 2.56. The summed E-state index contributed by atoms with van der Waals surface area (Å²) < 4.78 is 15.8. The first-order valence-corrected chi connectivity index (χ1v) is 14.0. The Bertz CT molecular complexity index is 1500. The van der Waals surface area contributed by atoms with Gasteiger partial charge < -0.3 is 19.2 Å². The number of para-hydroxylation sites is 1. The molecule has 2 aliphatic rings. The third-order valence-corrected chi connectivity index (χ3v) is 8.77. The number of hydrogen-bond donors (Lipinski definition) is 1. The van der Waals surface area contributed by atoms with Gasteiger partial charge in [-0.25, -0.2) is 14.5 Å². The van der Waals surface area contributed by atoms with Crippen molar-refractivity contribution in [1.82, 2.24) is 4.98 Å². The van der Waals surface area contributed by atoms with Gasteiger partial charge in [0.15, 0.2) is 6.61 Å². The first kappa shape index (κ1) is 26.7. The molecule has 3 heterocycles. The molecule has 0 unspecified atom stereocenters. The van der Waals surface area contributed by atoms with E-state index in [-0.39, 0.29) is 24.7 Å². The minimum Gasteiger partial charge on any atom is -0.482 e. The number of rotatable bonds is 8. The van der Waals surface area contributed by atoms with Crippen LogP contribution in [-0.4, -0.2) is 53.8 Å². The number of amides is 2. The predicted molar refractivity (Wildman–Crippen MR) is 143 cm³/mol. The van der Waals surface area contributed by atoms with Crippen LogP contribution < -0.4 is 14.5 Å². The quantitative estimate of drug-likeness (QED) is 0.321. The Labute approximate surface area is 231 Å². The maximum Gasteiger partial charge on any atom is 0.344 e. The Morgan fingerprint density at radius 1 is 0.949 bits per heavy atom. The molecule has 5 rings (SSSR count). The van der Waals surface area contributed by atoms with Gasteiger partial charge in [0.05, 0.1) is 35.4 Å². The standard InChI is InChI=1S/C27H24N2O8S2/c1-3-35-18(30)13-37-17-8-6-5-7-16(17)19-20-22(38-23-21(19)39-27(34)28-23)25(32)29(24(20)31)15-11-9-14(10-12-15)26(33)36-4-2/h5-12,19-20,22H,3-4,13H2,1-2H3,(H,28,34)/t19-,20-,22+/m0/s1. The molecular weight excluding hydrogens is 544 g/mol. The van der Waals surface area contributed by atoms with Crippen LogP contribution in [0.25, 0.3) is 0 Å². The topological polar surface area (TPSA) is 132 Å². The second kappa shape index (κ2) is 11.1. The van der Waals surface area contributed by atoms with Crippen LogP contribution in [0.15, 0.2) is 58.4 Å². The summed E-state index contributed by atoms with van der Waals surface area (Å²) in [7, 11) is 0. The Kier molecular flexibility index (Phi) is 7.58. The van der Waals surface area contributed by atoms with E-state index >= 15 is 0 Å². The van der Waals surface area contributed by atoms with Gasteiger partial charge in [0.1, 0.15) is 11.0 Å². The van der Waals surface area contributed by atoms with Crippen LogP contribution in [0.3, 0.4) is 0 Å². The lowest BCUT2D eigenvalue weighted by Crippen LogP contribution is -2.32. The molecule has 0 saturated carbocycles. The number of aromatic nitrogens is 1. The second-order valence-electron chi connectivity index (χ2n) is 8.66.